The van der Waals surface area contributed by atoms with E-state index in [4.69, 9.17) is 16.1 Å². The topological polar surface area (TPSA) is 73.8 Å². The number of phenols is 1. The number of nitrogens with zero attached hydrogens (tertiary/aromatic N) is 4. The summed E-state index contributed by atoms with van der Waals surface area (Å²) in [7, 11) is 0. The minimum Gasteiger partial charge on any atom is -0.508 e. The summed E-state index contributed by atoms with van der Waals surface area (Å²) in [6.45, 7) is 3.68. The van der Waals surface area contributed by atoms with Crippen LogP contribution in [0.15, 0.2) is 30.3 Å². The molecule has 0 bridgehead atoms. The second-order valence-corrected chi connectivity index (χ2v) is 12.6. The highest BCUT2D eigenvalue weighted by Gasteiger charge is 2.49. The zero-order valence-corrected chi connectivity index (χ0v) is 24.2. The Kier molecular flexibility index (Phi) is 6.40. The predicted molar refractivity (Wildman–Crippen MR) is 163 cm³/mol. The number of aromatic nitrogens is 2. The van der Waals surface area contributed by atoms with Crippen LogP contribution in [0.2, 0.25) is 0 Å². The van der Waals surface area contributed by atoms with Crippen LogP contribution in [0.5, 0.6) is 11.8 Å². The molecule has 4 aliphatic heterocycles. The monoisotopic (exact) mass is 599 g/mol. The average molecular weight is 600 g/mol. The van der Waals surface area contributed by atoms with Crippen LogP contribution in [-0.4, -0.2) is 77.1 Å². The summed E-state index contributed by atoms with van der Waals surface area (Å²) in [4.78, 5) is 13.9. The van der Waals surface area contributed by atoms with Gasteiger partial charge >= 0.3 is 6.01 Å². The summed E-state index contributed by atoms with van der Waals surface area (Å²) in [5, 5.41) is 15.6. The Balaban J connectivity index is 1.33. The standard InChI is InChI=1S/C34H32F3N5O2/c1-2-24-27(36)7-5-19-12-23(43)14-25(28(19)24)26-13-20-4-6-22-16-38-9-11-42(22)32-29(20)31(30(26)37)39-33(40-32)44-18-34-8-3-10-41(34)17-21(35)15-34/h1,5,7,12-14,21-22,38,43H,3-4,6,8-11,15-18H2/t21-,22-,34+/m1/s1. The molecular weight excluding hydrogens is 567 g/mol. The van der Waals surface area contributed by atoms with E-state index >= 15 is 4.39 Å². The number of anilines is 1. The van der Waals surface area contributed by atoms with Gasteiger partial charge < -0.3 is 20.1 Å². The third kappa shape index (κ3) is 4.20. The maximum atomic E-state index is 17.0. The summed E-state index contributed by atoms with van der Waals surface area (Å²) >= 11 is 0. The SMILES string of the molecule is C#Cc1c(F)ccc2cc(O)cc(-c3cc4c5c(nc(OC[C@@]67CCCN6C[C@H](F)C7)nc5c3F)N3CCNC[C@H]3CC4)c12. The molecule has 44 heavy (non-hydrogen) atoms. The van der Waals surface area contributed by atoms with Crippen LogP contribution in [0.4, 0.5) is 19.0 Å². The molecule has 0 radical (unpaired) electrons. The van der Waals surface area contributed by atoms with Crippen LogP contribution >= 0.6 is 0 Å². The lowest BCUT2D eigenvalue weighted by molar-refractivity contribution is 0.107. The third-order valence-corrected chi connectivity index (χ3v) is 10.0. The molecule has 0 amide bonds. The van der Waals surface area contributed by atoms with Gasteiger partial charge in [-0.3, -0.25) is 4.90 Å². The van der Waals surface area contributed by atoms with E-state index in [1.54, 1.807) is 6.07 Å². The number of ether oxygens (including phenoxy) is 1. The van der Waals surface area contributed by atoms with Gasteiger partial charge in [0.05, 0.1) is 11.1 Å². The molecule has 4 aromatic rings. The number of hydrogen-bond acceptors (Lipinski definition) is 7. The van der Waals surface area contributed by atoms with Gasteiger partial charge in [0.25, 0.3) is 0 Å². The van der Waals surface area contributed by atoms with E-state index < -0.39 is 23.3 Å². The fraction of sp³-hybridized carbons (Fsp3) is 0.412. The molecule has 3 atom stereocenters. The predicted octanol–water partition coefficient (Wildman–Crippen LogP) is 5.09. The summed E-state index contributed by atoms with van der Waals surface area (Å²) in [5.41, 5.74) is 1.00. The number of hydrogen-bond donors (Lipinski definition) is 2. The van der Waals surface area contributed by atoms with Crippen LogP contribution in [-0.2, 0) is 6.42 Å². The van der Waals surface area contributed by atoms with Crippen LogP contribution < -0.4 is 15.0 Å². The Morgan fingerprint density at radius 1 is 1.14 bits per heavy atom. The van der Waals surface area contributed by atoms with Gasteiger partial charge in [0, 0.05) is 55.0 Å². The Labute approximate surface area is 253 Å². The third-order valence-electron chi connectivity index (χ3n) is 10.0. The summed E-state index contributed by atoms with van der Waals surface area (Å²) in [5.74, 6) is 1.73. The molecule has 226 valence electrons. The molecule has 3 aromatic carbocycles. The molecule has 1 aromatic heterocycles. The molecule has 4 aliphatic rings. The first-order valence-corrected chi connectivity index (χ1v) is 15.3. The number of aromatic hydroxyl groups is 1. The van der Waals surface area contributed by atoms with Gasteiger partial charge in [0.15, 0.2) is 5.82 Å². The number of piperazine rings is 1. The molecule has 10 heteroatoms. The highest BCUT2D eigenvalue weighted by atomic mass is 19.1. The quantitative estimate of drug-likeness (QED) is 0.317. The van der Waals surface area contributed by atoms with Crippen LogP contribution in [0.1, 0.15) is 36.8 Å². The number of phenolic OH excluding ortho intramolecular Hbond substituents is 1. The molecular formula is C34H32F3N5O2. The first kappa shape index (κ1) is 27.5. The van der Waals surface area contributed by atoms with Crippen molar-refractivity contribution in [3.63, 3.8) is 0 Å². The average Bonchev–Trinajstić information content (AvgIpc) is 3.49. The Hall–Kier alpha value is -4.07. The Morgan fingerprint density at radius 2 is 2.02 bits per heavy atom. The number of nitrogens with one attached hydrogen (secondary N) is 1. The lowest BCUT2D eigenvalue weighted by Crippen LogP contribution is -2.51. The molecule has 3 saturated heterocycles. The smallest absolute Gasteiger partial charge is 0.319 e. The van der Waals surface area contributed by atoms with E-state index in [0.717, 1.165) is 44.5 Å². The first-order valence-electron chi connectivity index (χ1n) is 15.3. The van der Waals surface area contributed by atoms with Crippen molar-refractivity contribution >= 4 is 27.5 Å². The Morgan fingerprint density at radius 3 is 2.89 bits per heavy atom. The molecule has 5 heterocycles. The van der Waals surface area contributed by atoms with E-state index in [0.29, 0.717) is 47.9 Å². The van der Waals surface area contributed by atoms with Gasteiger partial charge in [-0.25, -0.2) is 13.2 Å². The number of fused-ring (bicyclic) bond motifs is 4. The van der Waals surface area contributed by atoms with Gasteiger partial charge in [-0.2, -0.15) is 9.97 Å². The normalized spacial score (nSPS) is 24.7. The lowest BCUT2D eigenvalue weighted by atomic mass is 9.91. The number of terminal acetylenes is 1. The second-order valence-electron chi connectivity index (χ2n) is 12.6. The van der Waals surface area contributed by atoms with Gasteiger partial charge in [-0.1, -0.05) is 12.0 Å². The highest BCUT2D eigenvalue weighted by Crippen LogP contribution is 2.44. The van der Waals surface area contributed by atoms with Crippen molar-refractivity contribution in [1.82, 2.24) is 20.2 Å². The molecule has 0 aliphatic carbocycles. The van der Waals surface area contributed by atoms with E-state index in [9.17, 15) is 13.9 Å². The number of aryl methyl sites for hydroxylation is 1. The van der Waals surface area contributed by atoms with Crippen molar-refractivity contribution < 1.29 is 23.0 Å². The van der Waals surface area contributed by atoms with E-state index in [2.05, 4.69) is 26.0 Å². The van der Waals surface area contributed by atoms with Crippen molar-refractivity contribution in [1.29, 1.82) is 0 Å². The zero-order chi connectivity index (χ0) is 30.2. The minimum absolute atomic E-state index is 0.00146. The first-order chi connectivity index (χ1) is 21.3. The van der Waals surface area contributed by atoms with Crippen molar-refractivity contribution in [3.8, 4) is 35.2 Å². The lowest BCUT2D eigenvalue weighted by Gasteiger charge is -2.36. The largest absolute Gasteiger partial charge is 0.508 e. The van der Waals surface area contributed by atoms with Gasteiger partial charge in [-0.15, -0.1) is 6.42 Å². The summed E-state index contributed by atoms with van der Waals surface area (Å²) < 4.78 is 52.6. The van der Waals surface area contributed by atoms with Crippen LogP contribution in [0.25, 0.3) is 32.8 Å². The Bertz CT molecular complexity index is 1880. The molecule has 8 rings (SSSR count). The number of benzene rings is 3. The van der Waals surface area contributed by atoms with E-state index in [1.807, 2.05) is 0 Å². The molecule has 7 nitrogen and oxygen atoms in total. The fourth-order valence-electron chi connectivity index (χ4n) is 8.03. The van der Waals surface area contributed by atoms with E-state index in [-0.39, 0.29) is 46.6 Å². The van der Waals surface area contributed by atoms with Crippen molar-refractivity contribution in [3.05, 3.63) is 53.1 Å². The van der Waals surface area contributed by atoms with Gasteiger partial charge in [-0.05, 0) is 73.0 Å². The van der Waals surface area contributed by atoms with E-state index in [1.165, 1.54) is 24.3 Å². The maximum absolute atomic E-state index is 17.0. The zero-order valence-electron chi connectivity index (χ0n) is 24.2. The number of rotatable bonds is 4. The number of halogens is 3. The number of alkyl halides is 1. The molecule has 0 unspecified atom stereocenters. The van der Waals surface area contributed by atoms with Crippen LogP contribution in [0.3, 0.4) is 0 Å². The van der Waals surface area contributed by atoms with Crippen molar-refractivity contribution in [2.45, 2.75) is 49.9 Å². The summed E-state index contributed by atoms with van der Waals surface area (Å²) in [6, 6.07) is 7.64. The molecule has 0 spiro atoms. The van der Waals surface area contributed by atoms with Gasteiger partial charge in [0.2, 0.25) is 0 Å². The molecule has 0 saturated carbocycles. The maximum Gasteiger partial charge on any atom is 0.319 e. The van der Waals surface area contributed by atoms with Crippen LogP contribution in [0, 0.1) is 24.0 Å². The van der Waals surface area contributed by atoms with Crippen molar-refractivity contribution in [2.24, 2.45) is 0 Å². The molecule has 3 fully saturated rings. The minimum atomic E-state index is -0.903. The second kappa shape index (κ2) is 10.2. The van der Waals surface area contributed by atoms with Gasteiger partial charge in [0.1, 0.15) is 35.7 Å². The van der Waals surface area contributed by atoms with Crippen molar-refractivity contribution in [2.75, 3.05) is 44.2 Å². The summed E-state index contributed by atoms with van der Waals surface area (Å²) in [6.07, 6.45) is 8.48. The highest BCUT2D eigenvalue weighted by molar-refractivity contribution is 6.05. The molecule has 2 N–H and O–H groups in total. The fourth-order valence-corrected chi connectivity index (χ4v) is 8.03.